The van der Waals surface area contributed by atoms with Crippen molar-refractivity contribution >= 4 is 5.97 Å². The van der Waals surface area contributed by atoms with Crippen molar-refractivity contribution in [1.29, 1.82) is 0 Å². The van der Waals surface area contributed by atoms with Crippen LogP contribution in [0.15, 0.2) is 0 Å². The summed E-state index contributed by atoms with van der Waals surface area (Å²) in [5.41, 5.74) is 0. The van der Waals surface area contributed by atoms with Crippen LogP contribution in [0.1, 0.15) is 52.9 Å². The van der Waals surface area contributed by atoms with Crippen molar-refractivity contribution in [3.63, 3.8) is 0 Å². The van der Waals surface area contributed by atoms with Crippen molar-refractivity contribution in [2.45, 2.75) is 52.9 Å². The molecule has 0 aliphatic heterocycles. The Morgan fingerprint density at radius 1 is 0.950 bits per heavy atom. The van der Waals surface area contributed by atoms with Crippen LogP contribution in [-0.4, -0.2) is 50.7 Å². The van der Waals surface area contributed by atoms with Gasteiger partial charge in [-0.25, -0.2) is 0 Å². The van der Waals surface area contributed by atoms with E-state index in [1.807, 2.05) is 11.8 Å². The molecule has 0 fully saturated rings. The fraction of sp³-hybridized carbons (Fsp3) is 0.933. The Balaban J connectivity index is 3.87. The minimum absolute atomic E-state index is 0.167. The van der Waals surface area contributed by atoms with Gasteiger partial charge in [-0.3, -0.25) is 9.69 Å². The maximum Gasteiger partial charge on any atom is 0.307 e. The predicted octanol–water partition coefficient (Wildman–Crippen LogP) is 2.79. The van der Waals surface area contributed by atoms with Crippen molar-refractivity contribution in [2.75, 3.05) is 39.8 Å². The van der Waals surface area contributed by atoms with E-state index in [0.717, 1.165) is 38.9 Å². The summed E-state index contributed by atoms with van der Waals surface area (Å²) < 4.78 is 16.1. The molecule has 0 spiro atoms. The highest BCUT2D eigenvalue weighted by atomic mass is 16.5. The first-order chi connectivity index (χ1) is 9.74. The lowest BCUT2D eigenvalue weighted by atomic mass is 10.4. The first kappa shape index (κ1) is 19.4. The Hall–Kier alpha value is -0.650. The van der Waals surface area contributed by atoms with Crippen LogP contribution < -0.4 is 0 Å². The van der Waals surface area contributed by atoms with E-state index < -0.39 is 0 Å². The SMILES string of the molecule is CCCCOCN(CCC(=O)OCC)COCCCC. The molecule has 0 aromatic heterocycles. The summed E-state index contributed by atoms with van der Waals surface area (Å²) in [6.45, 7) is 9.64. The van der Waals surface area contributed by atoms with Gasteiger partial charge in [0.25, 0.3) is 0 Å². The van der Waals surface area contributed by atoms with Crippen molar-refractivity contribution in [3.8, 4) is 0 Å². The topological polar surface area (TPSA) is 48.0 Å². The number of esters is 1. The molecule has 20 heavy (non-hydrogen) atoms. The van der Waals surface area contributed by atoms with Gasteiger partial charge in [-0.15, -0.1) is 0 Å². The van der Waals surface area contributed by atoms with Gasteiger partial charge in [0.05, 0.1) is 13.0 Å². The monoisotopic (exact) mass is 289 g/mol. The number of hydrogen-bond acceptors (Lipinski definition) is 5. The zero-order valence-corrected chi connectivity index (χ0v) is 13.4. The summed E-state index contributed by atoms with van der Waals surface area (Å²) in [4.78, 5) is 13.4. The van der Waals surface area contributed by atoms with Gasteiger partial charge in [0.15, 0.2) is 0 Å². The first-order valence-corrected chi connectivity index (χ1v) is 7.78. The second-order valence-electron chi connectivity index (χ2n) is 4.73. The first-order valence-electron chi connectivity index (χ1n) is 7.78. The molecule has 0 saturated carbocycles. The molecule has 0 rings (SSSR count). The highest BCUT2D eigenvalue weighted by Crippen LogP contribution is 1.98. The lowest BCUT2D eigenvalue weighted by Gasteiger charge is -2.21. The third-order valence-corrected chi connectivity index (χ3v) is 2.77. The normalized spacial score (nSPS) is 11.0. The lowest BCUT2D eigenvalue weighted by Crippen LogP contribution is -2.32. The molecule has 0 aliphatic carbocycles. The van der Waals surface area contributed by atoms with E-state index in [0.29, 0.717) is 33.0 Å². The van der Waals surface area contributed by atoms with Crippen LogP contribution in [0, 0.1) is 0 Å². The molecular formula is C15H31NO4. The molecule has 0 N–H and O–H groups in total. The molecular weight excluding hydrogens is 258 g/mol. The van der Waals surface area contributed by atoms with Gasteiger partial charge >= 0.3 is 5.97 Å². The van der Waals surface area contributed by atoms with Crippen molar-refractivity contribution in [3.05, 3.63) is 0 Å². The van der Waals surface area contributed by atoms with E-state index in [2.05, 4.69) is 13.8 Å². The van der Waals surface area contributed by atoms with Gasteiger partial charge in [0.2, 0.25) is 0 Å². The molecule has 5 nitrogen and oxygen atoms in total. The van der Waals surface area contributed by atoms with Crippen LogP contribution in [0.3, 0.4) is 0 Å². The maximum atomic E-state index is 11.4. The smallest absolute Gasteiger partial charge is 0.307 e. The summed E-state index contributed by atoms with van der Waals surface area (Å²) in [5.74, 6) is -0.167. The summed E-state index contributed by atoms with van der Waals surface area (Å²) in [5, 5.41) is 0. The molecule has 0 atom stereocenters. The van der Waals surface area contributed by atoms with Crippen LogP contribution >= 0.6 is 0 Å². The number of carbonyl (C=O) groups is 1. The quantitative estimate of drug-likeness (QED) is 0.279. The van der Waals surface area contributed by atoms with E-state index in [4.69, 9.17) is 14.2 Å². The summed E-state index contributed by atoms with van der Waals surface area (Å²) in [6.07, 6.45) is 4.73. The number of rotatable bonds is 14. The van der Waals surface area contributed by atoms with Gasteiger partial charge in [0, 0.05) is 19.8 Å². The number of ether oxygens (including phenoxy) is 3. The minimum atomic E-state index is -0.167. The zero-order chi connectivity index (χ0) is 15.1. The standard InChI is InChI=1S/C15H31NO4/c1-4-7-11-18-13-16(14-19-12-8-5-2)10-9-15(17)20-6-3/h4-14H2,1-3H3. The fourth-order valence-corrected chi connectivity index (χ4v) is 1.53. The van der Waals surface area contributed by atoms with Gasteiger partial charge < -0.3 is 14.2 Å². The van der Waals surface area contributed by atoms with Gasteiger partial charge in [-0.05, 0) is 19.8 Å². The van der Waals surface area contributed by atoms with Crippen LogP contribution in [0.4, 0.5) is 0 Å². The van der Waals surface area contributed by atoms with Crippen LogP contribution in [0.2, 0.25) is 0 Å². The molecule has 0 bridgehead atoms. The van der Waals surface area contributed by atoms with Gasteiger partial charge in [-0.1, -0.05) is 26.7 Å². The largest absolute Gasteiger partial charge is 0.466 e. The zero-order valence-electron chi connectivity index (χ0n) is 13.4. The number of unbranched alkanes of at least 4 members (excludes halogenated alkanes) is 2. The Morgan fingerprint density at radius 2 is 1.50 bits per heavy atom. The van der Waals surface area contributed by atoms with E-state index in [1.165, 1.54) is 0 Å². The predicted molar refractivity (Wildman–Crippen MR) is 79.4 cm³/mol. The Labute approximate surface area is 123 Å². The van der Waals surface area contributed by atoms with E-state index in [-0.39, 0.29) is 5.97 Å². The molecule has 0 aliphatic rings. The molecule has 0 radical (unpaired) electrons. The van der Waals surface area contributed by atoms with Crippen LogP contribution in [-0.2, 0) is 19.0 Å². The average molecular weight is 289 g/mol. The highest BCUT2D eigenvalue weighted by molar-refractivity contribution is 5.69. The average Bonchev–Trinajstić information content (AvgIpc) is 2.44. The molecule has 0 amide bonds. The van der Waals surface area contributed by atoms with Crippen molar-refractivity contribution in [2.24, 2.45) is 0 Å². The fourth-order valence-electron chi connectivity index (χ4n) is 1.53. The summed E-state index contributed by atoms with van der Waals surface area (Å²) in [6, 6.07) is 0. The number of nitrogens with zero attached hydrogens (tertiary/aromatic N) is 1. The van der Waals surface area contributed by atoms with E-state index in [1.54, 1.807) is 0 Å². The molecule has 0 aromatic carbocycles. The molecule has 0 aromatic rings. The number of carbonyl (C=O) groups excluding carboxylic acids is 1. The molecule has 0 heterocycles. The Morgan fingerprint density at radius 3 is 1.95 bits per heavy atom. The van der Waals surface area contributed by atoms with Crippen LogP contribution in [0.5, 0.6) is 0 Å². The third-order valence-electron chi connectivity index (χ3n) is 2.77. The molecule has 120 valence electrons. The number of hydrogen-bond donors (Lipinski definition) is 0. The van der Waals surface area contributed by atoms with Crippen molar-refractivity contribution in [1.82, 2.24) is 4.90 Å². The third kappa shape index (κ3) is 12.4. The summed E-state index contributed by atoms with van der Waals surface area (Å²) >= 11 is 0. The lowest BCUT2D eigenvalue weighted by molar-refractivity contribution is -0.144. The van der Waals surface area contributed by atoms with Crippen LogP contribution in [0.25, 0.3) is 0 Å². The van der Waals surface area contributed by atoms with E-state index >= 15 is 0 Å². The molecule has 0 unspecified atom stereocenters. The Bertz CT molecular complexity index is 212. The Kier molecular flexibility index (Phi) is 14.3. The second kappa shape index (κ2) is 14.8. The molecule has 5 heteroatoms. The maximum absolute atomic E-state index is 11.4. The molecule has 0 saturated heterocycles. The van der Waals surface area contributed by atoms with E-state index in [9.17, 15) is 4.79 Å². The highest BCUT2D eigenvalue weighted by Gasteiger charge is 2.09. The second-order valence-corrected chi connectivity index (χ2v) is 4.73. The minimum Gasteiger partial charge on any atom is -0.466 e. The van der Waals surface area contributed by atoms with Gasteiger partial charge in [-0.2, -0.15) is 0 Å². The van der Waals surface area contributed by atoms with Crippen molar-refractivity contribution < 1.29 is 19.0 Å². The van der Waals surface area contributed by atoms with Gasteiger partial charge in [0.1, 0.15) is 13.5 Å². The summed E-state index contributed by atoms with van der Waals surface area (Å²) in [7, 11) is 0.